The minimum absolute atomic E-state index is 0.124. The van der Waals surface area contributed by atoms with Crippen LogP contribution in [-0.2, 0) is 0 Å². The highest BCUT2D eigenvalue weighted by Gasteiger charge is 2.10. The van der Waals surface area contributed by atoms with Crippen LogP contribution in [0, 0.1) is 0 Å². The zero-order valence-corrected chi connectivity index (χ0v) is 10.5. The molecule has 0 saturated carbocycles. The Kier molecular flexibility index (Phi) is 3.02. The van der Waals surface area contributed by atoms with E-state index in [1.54, 1.807) is 18.5 Å². The molecule has 3 aromatic heterocycles. The molecule has 0 bridgehead atoms. The lowest BCUT2D eigenvalue weighted by Gasteiger charge is -2.04. The van der Waals surface area contributed by atoms with Gasteiger partial charge in [-0.05, 0) is 6.07 Å². The van der Waals surface area contributed by atoms with Gasteiger partial charge in [0.1, 0.15) is 0 Å². The van der Waals surface area contributed by atoms with Crippen molar-refractivity contribution < 1.29 is 13.5 Å². The van der Waals surface area contributed by atoms with Crippen molar-refractivity contribution in [2.24, 2.45) is 0 Å². The van der Waals surface area contributed by atoms with Crippen LogP contribution in [0.2, 0.25) is 0 Å². The molecule has 3 heterocycles. The molecule has 0 fully saturated rings. The maximum Gasteiger partial charge on any atom is 0.265 e. The smallest absolute Gasteiger partial charge is 0.265 e. The summed E-state index contributed by atoms with van der Waals surface area (Å²) in [6.07, 6.45) is 3.38. The number of pyridine rings is 1. The summed E-state index contributed by atoms with van der Waals surface area (Å²) in [4.78, 5) is 8.03. The molecule has 5 nitrogen and oxygen atoms in total. The molecule has 7 heteroatoms. The van der Waals surface area contributed by atoms with Crippen LogP contribution >= 0.6 is 0 Å². The number of nitrogens with zero attached hydrogens (tertiary/aromatic N) is 4. The predicted octanol–water partition coefficient (Wildman–Crippen LogP) is 2.74. The van der Waals surface area contributed by atoms with E-state index in [1.165, 1.54) is 23.9 Å². The molecule has 0 aromatic carbocycles. The number of hydrogen-bond acceptors (Lipinski definition) is 4. The molecule has 0 aliphatic heterocycles. The summed E-state index contributed by atoms with van der Waals surface area (Å²) in [7, 11) is 1.51. The lowest BCUT2D eigenvalue weighted by Crippen LogP contribution is -1.93. The maximum absolute atomic E-state index is 12.7. The number of rotatable bonds is 3. The maximum atomic E-state index is 12.7. The van der Waals surface area contributed by atoms with Crippen molar-refractivity contribution in [1.29, 1.82) is 0 Å². The molecule has 0 spiro atoms. The molecule has 20 heavy (non-hydrogen) atoms. The lowest BCUT2D eigenvalue weighted by molar-refractivity contribution is 0.151. The highest BCUT2D eigenvalue weighted by Crippen LogP contribution is 2.24. The molecular formula is C13H10F2N4O. The van der Waals surface area contributed by atoms with Gasteiger partial charge in [-0.2, -0.15) is 0 Å². The Morgan fingerprint density at radius 3 is 2.75 bits per heavy atom. The number of methoxy groups -OCH3 is 1. The Balaban J connectivity index is 2.07. The second kappa shape index (κ2) is 4.84. The summed E-state index contributed by atoms with van der Waals surface area (Å²) in [6, 6.07) is 3.07. The minimum atomic E-state index is -2.55. The van der Waals surface area contributed by atoms with Crippen LogP contribution in [0.4, 0.5) is 8.78 Å². The van der Waals surface area contributed by atoms with E-state index in [4.69, 9.17) is 4.74 Å². The molecule has 3 rings (SSSR count). The van der Waals surface area contributed by atoms with E-state index in [9.17, 15) is 8.78 Å². The van der Waals surface area contributed by atoms with Crippen molar-refractivity contribution in [3.8, 4) is 17.0 Å². The van der Waals surface area contributed by atoms with Crippen LogP contribution in [-0.4, -0.2) is 26.7 Å². The van der Waals surface area contributed by atoms with Crippen LogP contribution in [0.1, 0.15) is 12.0 Å². The van der Waals surface area contributed by atoms with Crippen LogP contribution in [0.15, 0.2) is 36.9 Å². The quantitative estimate of drug-likeness (QED) is 0.738. The second-order valence-electron chi connectivity index (χ2n) is 4.14. The van der Waals surface area contributed by atoms with E-state index in [0.717, 1.165) is 6.20 Å². The van der Waals surface area contributed by atoms with E-state index in [-0.39, 0.29) is 5.56 Å². The van der Waals surface area contributed by atoms with Crippen molar-refractivity contribution >= 4 is 5.65 Å². The first-order valence-corrected chi connectivity index (χ1v) is 5.80. The zero-order valence-electron chi connectivity index (χ0n) is 10.5. The number of fused-ring (bicyclic) bond motifs is 1. The van der Waals surface area contributed by atoms with Gasteiger partial charge in [-0.25, -0.2) is 18.3 Å². The number of halogens is 2. The molecule has 0 unspecified atom stereocenters. The fraction of sp³-hybridized carbons (Fsp3) is 0.154. The molecule has 0 N–H and O–H groups in total. The first-order chi connectivity index (χ1) is 9.67. The summed E-state index contributed by atoms with van der Waals surface area (Å²) >= 11 is 0. The largest absolute Gasteiger partial charge is 0.480 e. The van der Waals surface area contributed by atoms with Gasteiger partial charge in [0.25, 0.3) is 6.43 Å². The summed E-state index contributed by atoms with van der Waals surface area (Å²) in [5.41, 5.74) is 1.70. The summed E-state index contributed by atoms with van der Waals surface area (Å²) in [5, 5.41) is 4.14. The third-order valence-corrected chi connectivity index (χ3v) is 2.84. The van der Waals surface area contributed by atoms with E-state index >= 15 is 0 Å². The first kappa shape index (κ1) is 12.5. The summed E-state index contributed by atoms with van der Waals surface area (Å²) in [6.45, 7) is 0. The Morgan fingerprint density at radius 2 is 2.00 bits per heavy atom. The Morgan fingerprint density at radius 1 is 1.15 bits per heavy atom. The Labute approximate surface area is 112 Å². The SMILES string of the molecule is COc1cc2ncc(-c3cncc(C(F)F)c3)cn2n1. The van der Waals surface area contributed by atoms with Crippen molar-refractivity contribution in [3.63, 3.8) is 0 Å². The van der Waals surface area contributed by atoms with Crippen LogP contribution in [0.3, 0.4) is 0 Å². The van der Waals surface area contributed by atoms with Crippen LogP contribution in [0.5, 0.6) is 5.88 Å². The van der Waals surface area contributed by atoms with Gasteiger partial charge >= 0.3 is 0 Å². The van der Waals surface area contributed by atoms with Crippen molar-refractivity contribution in [2.75, 3.05) is 7.11 Å². The molecule has 0 radical (unpaired) electrons. The van der Waals surface area contributed by atoms with Gasteiger partial charge in [-0.3, -0.25) is 4.98 Å². The average molecular weight is 276 g/mol. The number of aromatic nitrogens is 4. The monoisotopic (exact) mass is 276 g/mol. The third-order valence-electron chi connectivity index (χ3n) is 2.84. The minimum Gasteiger partial charge on any atom is -0.480 e. The van der Waals surface area contributed by atoms with E-state index < -0.39 is 6.43 Å². The highest BCUT2D eigenvalue weighted by molar-refractivity contribution is 5.62. The normalized spacial score (nSPS) is 11.2. The summed E-state index contributed by atoms with van der Waals surface area (Å²) < 4.78 is 31.9. The van der Waals surface area contributed by atoms with Crippen molar-refractivity contribution in [1.82, 2.24) is 19.6 Å². The van der Waals surface area contributed by atoms with Gasteiger partial charge in [-0.1, -0.05) is 0 Å². The van der Waals surface area contributed by atoms with E-state index in [2.05, 4.69) is 15.1 Å². The fourth-order valence-corrected chi connectivity index (χ4v) is 1.84. The van der Waals surface area contributed by atoms with Crippen molar-refractivity contribution in [3.05, 3.63) is 42.5 Å². The molecule has 0 aliphatic carbocycles. The molecule has 3 aromatic rings. The van der Waals surface area contributed by atoms with Gasteiger partial charge in [0.05, 0.1) is 7.11 Å². The second-order valence-corrected chi connectivity index (χ2v) is 4.14. The molecular weight excluding hydrogens is 266 g/mol. The summed E-state index contributed by atoms with van der Waals surface area (Å²) in [5.74, 6) is 0.439. The molecule has 0 atom stereocenters. The van der Waals surface area contributed by atoms with Gasteiger partial charge in [0, 0.05) is 47.5 Å². The van der Waals surface area contributed by atoms with Gasteiger partial charge < -0.3 is 4.74 Å². The molecule has 0 aliphatic rings. The number of ether oxygens (including phenoxy) is 1. The predicted molar refractivity (Wildman–Crippen MR) is 67.7 cm³/mol. The van der Waals surface area contributed by atoms with E-state index in [0.29, 0.717) is 22.7 Å². The average Bonchev–Trinajstić information content (AvgIpc) is 2.89. The first-order valence-electron chi connectivity index (χ1n) is 5.80. The zero-order chi connectivity index (χ0) is 14.1. The Hall–Kier alpha value is -2.57. The Bertz CT molecular complexity index is 757. The van der Waals surface area contributed by atoms with Gasteiger partial charge in [0.15, 0.2) is 5.65 Å². The lowest BCUT2D eigenvalue weighted by atomic mass is 10.1. The number of alkyl halides is 2. The van der Waals surface area contributed by atoms with Gasteiger partial charge in [0.2, 0.25) is 5.88 Å². The van der Waals surface area contributed by atoms with Crippen molar-refractivity contribution in [2.45, 2.75) is 6.43 Å². The molecule has 0 amide bonds. The van der Waals surface area contributed by atoms with Crippen LogP contribution < -0.4 is 4.74 Å². The van der Waals surface area contributed by atoms with Crippen LogP contribution in [0.25, 0.3) is 16.8 Å². The topological polar surface area (TPSA) is 52.3 Å². The van der Waals surface area contributed by atoms with Gasteiger partial charge in [-0.15, -0.1) is 5.10 Å². The molecule has 102 valence electrons. The number of hydrogen-bond donors (Lipinski definition) is 0. The highest BCUT2D eigenvalue weighted by atomic mass is 19.3. The third kappa shape index (κ3) is 2.18. The fourth-order valence-electron chi connectivity index (χ4n) is 1.84. The molecule has 0 saturated heterocycles. The standard InChI is InChI=1S/C13H10F2N4O/c1-20-12-3-11-17-6-10(7-19(11)18-12)8-2-9(13(14)15)5-16-4-8/h2-7,13H,1H3. The van der Waals surface area contributed by atoms with E-state index in [1.807, 2.05) is 0 Å².